The van der Waals surface area contributed by atoms with Crippen LogP contribution in [0.4, 0.5) is 0 Å². The molecule has 4 heteroatoms. The first-order valence-corrected chi connectivity index (χ1v) is 5.58. The molecule has 0 saturated carbocycles. The molecule has 2 aromatic heterocycles. The smallest absolute Gasteiger partial charge is 0.152 e. The van der Waals surface area contributed by atoms with Crippen molar-refractivity contribution in [3.63, 3.8) is 0 Å². The SMILES string of the molecule is COc1cnc(C)cc1-c1cc(C)ncc1C=O. The third-order valence-corrected chi connectivity index (χ3v) is 2.71. The Morgan fingerprint density at radius 1 is 1.06 bits per heavy atom. The molecule has 0 radical (unpaired) electrons. The Labute approximate surface area is 106 Å². The largest absolute Gasteiger partial charge is 0.494 e. The Kier molecular flexibility index (Phi) is 3.37. The average molecular weight is 242 g/mol. The molecule has 0 spiro atoms. The molecule has 2 aromatic rings. The number of pyridine rings is 2. The highest BCUT2D eigenvalue weighted by Gasteiger charge is 2.11. The lowest BCUT2D eigenvalue weighted by molar-refractivity contribution is 0.112. The first-order chi connectivity index (χ1) is 8.65. The van der Waals surface area contributed by atoms with E-state index in [1.807, 2.05) is 26.0 Å². The topological polar surface area (TPSA) is 52.1 Å². The molecule has 0 aliphatic rings. The zero-order valence-electron chi connectivity index (χ0n) is 10.6. The highest BCUT2D eigenvalue weighted by atomic mass is 16.5. The van der Waals surface area contributed by atoms with Crippen LogP contribution in [0.5, 0.6) is 5.75 Å². The molecule has 0 saturated heterocycles. The number of methoxy groups -OCH3 is 1. The fourth-order valence-corrected chi connectivity index (χ4v) is 1.82. The van der Waals surface area contributed by atoms with Gasteiger partial charge in [0.05, 0.1) is 13.3 Å². The maximum absolute atomic E-state index is 11.1. The number of rotatable bonds is 3. The predicted molar refractivity (Wildman–Crippen MR) is 68.9 cm³/mol. The minimum atomic E-state index is 0.546. The van der Waals surface area contributed by atoms with Crippen LogP contribution in [0.1, 0.15) is 21.7 Å². The van der Waals surface area contributed by atoms with Crippen molar-refractivity contribution in [2.75, 3.05) is 7.11 Å². The summed E-state index contributed by atoms with van der Waals surface area (Å²) in [5, 5.41) is 0. The third-order valence-electron chi connectivity index (χ3n) is 2.71. The quantitative estimate of drug-likeness (QED) is 0.776. The van der Waals surface area contributed by atoms with Crippen molar-refractivity contribution >= 4 is 6.29 Å². The van der Waals surface area contributed by atoms with E-state index in [0.717, 1.165) is 28.8 Å². The lowest BCUT2D eigenvalue weighted by Crippen LogP contribution is -1.96. The number of aromatic nitrogens is 2. The summed E-state index contributed by atoms with van der Waals surface area (Å²) >= 11 is 0. The molecular weight excluding hydrogens is 228 g/mol. The molecule has 4 nitrogen and oxygen atoms in total. The summed E-state index contributed by atoms with van der Waals surface area (Å²) in [5.74, 6) is 0.648. The summed E-state index contributed by atoms with van der Waals surface area (Å²) in [5.41, 5.74) is 3.95. The lowest BCUT2D eigenvalue weighted by atomic mass is 10.0. The molecule has 0 aliphatic heterocycles. The summed E-state index contributed by atoms with van der Waals surface area (Å²) in [6, 6.07) is 3.78. The van der Waals surface area contributed by atoms with Gasteiger partial charge in [0.25, 0.3) is 0 Å². The van der Waals surface area contributed by atoms with Gasteiger partial charge in [-0.2, -0.15) is 0 Å². The zero-order valence-corrected chi connectivity index (χ0v) is 10.6. The van der Waals surface area contributed by atoms with E-state index >= 15 is 0 Å². The van der Waals surface area contributed by atoms with Gasteiger partial charge >= 0.3 is 0 Å². The molecule has 0 amide bonds. The van der Waals surface area contributed by atoms with Gasteiger partial charge in [0.2, 0.25) is 0 Å². The maximum Gasteiger partial charge on any atom is 0.152 e. The van der Waals surface area contributed by atoms with Crippen molar-refractivity contribution in [1.29, 1.82) is 0 Å². The van der Waals surface area contributed by atoms with Crippen molar-refractivity contribution in [2.24, 2.45) is 0 Å². The first kappa shape index (κ1) is 12.2. The van der Waals surface area contributed by atoms with E-state index in [-0.39, 0.29) is 0 Å². The van der Waals surface area contributed by atoms with Gasteiger partial charge in [0, 0.05) is 28.7 Å². The van der Waals surface area contributed by atoms with E-state index in [4.69, 9.17) is 4.74 Å². The molecule has 18 heavy (non-hydrogen) atoms. The van der Waals surface area contributed by atoms with Crippen LogP contribution in [0.3, 0.4) is 0 Å². The number of aryl methyl sites for hydroxylation is 2. The van der Waals surface area contributed by atoms with Crippen molar-refractivity contribution in [2.45, 2.75) is 13.8 Å². The predicted octanol–water partition coefficient (Wildman–Crippen LogP) is 2.58. The van der Waals surface area contributed by atoms with E-state index in [9.17, 15) is 4.79 Å². The first-order valence-electron chi connectivity index (χ1n) is 5.58. The molecule has 0 unspecified atom stereocenters. The number of aldehydes is 1. The molecule has 2 heterocycles. The average Bonchev–Trinajstić information content (AvgIpc) is 2.38. The molecule has 0 N–H and O–H groups in total. The Hall–Kier alpha value is -2.23. The van der Waals surface area contributed by atoms with Crippen LogP contribution in [-0.2, 0) is 0 Å². The maximum atomic E-state index is 11.1. The second-order valence-corrected chi connectivity index (χ2v) is 4.06. The fourth-order valence-electron chi connectivity index (χ4n) is 1.82. The van der Waals surface area contributed by atoms with Gasteiger partial charge in [0.1, 0.15) is 5.75 Å². The molecular formula is C14H14N2O2. The van der Waals surface area contributed by atoms with Gasteiger partial charge in [-0.25, -0.2) is 0 Å². The summed E-state index contributed by atoms with van der Waals surface area (Å²) in [4.78, 5) is 19.4. The highest BCUT2D eigenvalue weighted by Crippen LogP contribution is 2.31. The fraction of sp³-hybridized carbons (Fsp3) is 0.214. The van der Waals surface area contributed by atoms with Crippen LogP contribution < -0.4 is 4.74 Å². The lowest BCUT2D eigenvalue weighted by Gasteiger charge is -2.11. The van der Waals surface area contributed by atoms with Gasteiger partial charge in [-0.1, -0.05) is 0 Å². The van der Waals surface area contributed by atoms with Crippen molar-refractivity contribution in [3.8, 4) is 16.9 Å². The molecule has 0 aromatic carbocycles. The monoisotopic (exact) mass is 242 g/mol. The van der Waals surface area contributed by atoms with Gasteiger partial charge in [-0.15, -0.1) is 0 Å². The molecule has 0 bridgehead atoms. The number of ether oxygens (including phenoxy) is 1. The van der Waals surface area contributed by atoms with Crippen LogP contribution >= 0.6 is 0 Å². The van der Waals surface area contributed by atoms with Gasteiger partial charge in [-0.3, -0.25) is 14.8 Å². The van der Waals surface area contributed by atoms with E-state index in [0.29, 0.717) is 11.3 Å². The zero-order chi connectivity index (χ0) is 13.1. The van der Waals surface area contributed by atoms with Crippen LogP contribution in [0, 0.1) is 13.8 Å². The number of carbonyl (C=O) groups excluding carboxylic acids is 1. The van der Waals surface area contributed by atoms with Crippen LogP contribution in [0.25, 0.3) is 11.1 Å². The molecule has 0 aliphatic carbocycles. The van der Waals surface area contributed by atoms with Crippen molar-refractivity contribution in [1.82, 2.24) is 9.97 Å². The number of nitrogens with zero attached hydrogens (tertiary/aromatic N) is 2. The minimum Gasteiger partial charge on any atom is -0.494 e. The molecule has 92 valence electrons. The van der Waals surface area contributed by atoms with E-state index in [1.165, 1.54) is 0 Å². The summed E-state index contributed by atoms with van der Waals surface area (Å²) in [7, 11) is 1.59. The Balaban J connectivity index is 2.70. The van der Waals surface area contributed by atoms with Crippen molar-refractivity contribution < 1.29 is 9.53 Å². The second kappa shape index (κ2) is 4.96. The molecule has 2 rings (SSSR count). The summed E-state index contributed by atoms with van der Waals surface area (Å²) < 4.78 is 5.30. The number of hydrogen-bond donors (Lipinski definition) is 0. The van der Waals surface area contributed by atoms with E-state index in [1.54, 1.807) is 19.5 Å². The summed E-state index contributed by atoms with van der Waals surface area (Å²) in [6.07, 6.45) is 4.04. The number of hydrogen-bond acceptors (Lipinski definition) is 4. The van der Waals surface area contributed by atoms with Gasteiger partial charge < -0.3 is 4.74 Å². The highest BCUT2D eigenvalue weighted by molar-refractivity contribution is 5.89. The Morgan fingerprint density at radius 2 is 1.67 bits per heavy atom. The molecule has 0 atom stereocenters. The standard InChI is InChI=1S/C14H14N2O2/c1-9-4-12(11(8-17)6-15-9)13-5-10(2)16-7-14(13)18-3/h4-8H,1-3H3. The minimum absolute atomic E-state index is 0.546. The third kappa shape index (κ3) is 2.22. The van der Waals surface area contributed by atoms with Gasteiger partial charge in [-0.05, 0) is 31.5 Å². The van der Waals surface area contributed by atoms with Gasteiger partial charge in [0.15, 0.2) is 6.29 Å². The normalized spacial score (nSPS) is 10.2. The van der Waals surface area contributed by atoms with Crippen LogP contribution in [-0.4, -0.2) is 23.4 Å². The van der Waals surface area contributed by atoms with E-state index < -0.39 is 0 Å². The number of carbonyl (C=O) groups is 1. The van der Waals surface area contributed by atoms with Crippen LogP contribution in [0.2, 0.25) is 0 Å². The second-order valence-electron chi connectivity index (χ2n) is 4.06. The van der Waals surface area contributed by atoms with Crippen LogP contribution in [0.15, 0.2) is 24.5 Å². The van der Waals surface area contributed by atoms with Crippen molar-refractivity contribution in [3.05, 3.63) is 41.5 Å². The van der Waals surface area contributed by atoms with E-state index in [2.05, 4.69) is 9.97 Å². The Bertz CT molecular complexity index is 594. The Morgan fingerprint density at radius 3 is 2.28 bits per heavy atom. The molecule has 0 fully saturated rings. The summed E-state index contributed by atoms with van der Waals surface area (Å²) in [6.45, 7) is 3.79.